The lowest BCUT2D eigenvalue weighted by atomic mass is 9.79. The molecule has 132 valence electrons. The van der Waals surface area contributed by atoms with Gasteiger partial charge in [0.05, 0.1) is 11.1 Å². The molecule has 2 rings (SSSR count). The standard InChI is InChI=1S/C15H18N2O.C2H7N.C2H6.2H2/c1-10-6-7-12(9-13(10)11(2)17-16)15(3)8-4-5-14(15)18;1-3-2;1-2;;/h6-7,9,16H,2,4-5,8H2,1,3H3;3H,1-2H3;1-2H3;2*1H. The number of rotatable bonds is 3. The number of nitrogens with one attached hydrogen (secondary N) is 2. The molecule has 0 heterocycles. The monoisotopic (exact) mass is 321 g/mol. The van der Waals surface area contributed by atoms with Crippen LogP contribution in [0.25, 0.3) is 5.70 Å². The van der Waals surface area contributed by atoms with Crippen LogP contribution in [0.3, 0.4) is 0 Å². The van der Waals surface area contributed by atoms with Crippen LogP contribution in [0.5, 0.6) is 0 Å². The molecular weight excluding hydrogens is 286 g/mol. The number of hydrogen-bond donors (Lipinski definition) is 2. The highest BCUT2D eigenvalue weighted by Crippen LogP contribution is 2.39. The van der Waals surface area contributed by atoms with Gasteiger partial charge < -0.3 is 5.32 Å². The predicted octanol–water partition coefficient (Wildman–Crippen LogP) is 5.36. The summed E-state index contributed by atoms with van der Waals surface area (Å²) in [5.74, 6) is 0.311. The summed E-state index contributed by atoms with van der Waals surface area (Å²) in [6, 6.07) is 5.97. The Balaban J connectivity index is -0.000000627. The average molecular weight is 322 g/mol. The normalized spacial score (nSPS) is 19.1. The fourth-order valence-electron chi connectivity index (χ4n) is 2.66. The van der Waals surface area contributed by atoms with Gasteiger partial charge in [0, 0.05) is 14.8 Å². The van der Waals surface area contributed by atoms with Gasteiger partial charge in [0.1, 0.15) is 5.78 Å². The molecule has 1 unspecified atom stereocenters. The van der Waals surface area contributed by atoms with Crippen LogP contribution in [0, 0.1) is 12.5 Å². The van der Waals surface area contributed by atoms with Crippen LogP contribution >= 0.6 is 0 Å². The third kappa shape index (κ3) is 5.10. The van der Waals surface area contributed by atoms with Gasteiger partial charge in [-0.1, -0.05) is 32.6 Å². The molecule has 0 bridgehead atoms. The van der Waals surface area contributed by atoms with Gasteiger partial charge in [0.25, 0.3) is 0 Å². The highest BCUT2D eigenvalue weighted by molar-refractivity contribution is 5.92. The first-order chi connectivity index (χ1) is 10.9. The van der Waals surface area contributed by atoms with E-state index in [0.717, 1.165) is 29.5 Å². The molecule has 1 aliphatic rings. The Hall–Kier alpha value is -1.81. The predicted molar refractivity (Wildman–Crippen MR) is 102 cm³/mol. The molecule has 0 aliphatic heterocycles. The van der Waals surface area contributed by atoms with Crippen LogP contribution in [-0.2, 0) is 10.2 Å². The number of Topliss-reactive ketones (excluding diaryl/α,β-unsaturated/α-hetero) is 1. The van der Waals surface area contributed by atoms with E-state index in [1.54, 1.807) is 0 Å². The third-order valence-corrected chi connectivity index (χ3v) is 4.02. The van der Waals surface area contributed by atoms with Crippen LogP contribution in [-0.4, -0.2) is 19.9 Å². The zero-order valence-corrected chi connectivity index (χ0v) is 15.4. The summed E-state index contributed by atoms with van der Waals surface area (Å²) >= 11 is 0. The molecule has 1 fully saturated rings. The topological polar surface area (TPSA) is 65.3 Å². The molecule has 1 aromatic carbocycles. The Kier molecular flexibility index (Phi) is 9.27. The highest BCUT2D eigenvalue weighted by atomic mass is 16.1. The highest BCUT2D eigenvalue weighted by Gasteiger charge is 2.38. The van der Waals surface area contributed by atoms with Crippen molar-refractivity contribution in [2.75, 3.05) is 14.1 Å². The van der Waals surface area contributed by atoms with Crippen LogP contribution in [0.2, 0.25) is 0 Å². The number of hydrogen-bond acceptors (Lipinski definition) is 4. The average Bonchev–Trinajstić information content (AvgIpc) is 2.90. The maximum atomic E-state index is 12.0. The first-order valence-corrected chi connectivity index (χ1v) is 8.20. The molecule has 23 heavy (non-hydrogen) atoms. The van der Waals surface area contributed by atoms with Crippen LogP contribution < -0.4 is 5.32 Å². The first-order valence-electron chi connectivity index (χ1n) is 8.20. The molecule has 4 heteroatoms. The van der Waals surface area contributed by atoms with Crippen molar-refractivity contribution in [3.63, 3.8) is 0 Å². The Morgan fingerprint density at radius 1 is 1.39 bits per heavy atom. The minimum Gasteiger partial charge on any atom is -0.323 e. The third-order valence-electron chi connectivity index (χ3n) is 4.02. The molecule has 0 aromatic heterocycles. The van der Waals surface area contributed by atoms with E-state index in [1.807, 2.05) is 60.0 Å². The van der Waals surface area contributed by atoms with Gasteiger partial charge in [-0.05, 0) is 58.0 Å². The van der Waals surface area contributed by atoms with Crippen molar-refractivity contribution in [1.82, 2.24) is 5.32 Å². The van der Waals surface area contributed by atoms with Gasteiger partial charge in [0.15, 0.2) is 0 Å². The summed E-state index contributed by atoms with van der Waals surface area (Å²) in [5.41, 5.74) is 10.1. The molecule has 0 saturated heterocycles. The van der Waals surface area contributed by atoms with Crippen LogP contribution in [0.4, 0.5) is 0 Å². The van der Waals surface area contributed by atoms with Crippen molar-refractivity contribution in [3.05, 3.63) is 41.5 Å². The molecule has 4 nitrogen and oxygen atoms in total. The molecule has 0 amide bonds. The Labute approximate surface area is 143 Å². The fraction of sp³-hybridized carbons (Fsp3) is 0.526. The number of carbonyl (C=O) groups excluding carboxylic acids is 1. The second-order valence-electron chi connectivity index (χ2n) is 5.70. The van der Waals surface area contributed by atoms with Gasteiger partial charge in [-0.15, -0.1) is 0 Å². The molecule has 1 aromatic rings. The summed E-state index contributed by atoms with van der Waals surface area (Å²) in [7, 11) is 3.75. The summed E-state index contributed by atoms with van der Waals surface area (Å²) in [6.07, 6.45) is 2.53. The van der Waals surface area contributed by atoms with Gasteiger partial charge in [-0.25, -0.2) is 5.53 Å². The van der Waals surface area contributed by atoms with Crippen LogP contribution in [0.1, 0.15) is 59.6 Å². The fourth-order valence-corrected chi connectivity index (χ4v) is 2.66. The summed E-state index contributed by atoms with van der Waals surface area (Å²) < 4.78 is 0. The Morgan fingerprint density at radius 2 is 1.96 bits per heavy atom. The lowest BCUT2D eigenvalue weighted by Crippen LogP contribution is -2.26. The lowest BCUT2D eigenvalue weighted by molar-refractivity contribution is -0.121. The van der Waals surface area contributed by atoms with E-state index in [1.165, 1.54) is 0 Å². The van der Waals surface area contributed by atoms with Crippen molar-refractivity contribution >= 4 is 11.5 Å². The zero-order valence-electron chi connectivity index (χ0n) is 15.4. The second-order valence-corrected chi connectivity index (χ2v) is 5.70. The van der Waals surface area contributed by atoms with Crippen molar-refractivity contribution in [3.8, 4) is 0 Å². The minimum absolute atomic E-state index is 0. The number of benzene rings is 1. The van der Waals surface area contributed by atoms with Gasteiger partial charge in [-0.2, -0.15) is 5.11 Å². The molecule has 0 radical (unpaired) electrons. The quantitative estimate of drug-likeness (QED) is 0.736. The Bertz CT molecular complexity index is 562. The number of ketones is 1. The van der Waals surface area contributed by atoms with E-state index in [4.69, 9.17) is 5.53 Å². The van der Waals surface area contributed by atoms with E-state index in [-0.39, 0.29) is 8.27 Å². The smallest absolute Gasteiger partial charge is 0.143 e. The van der Waals surface area contributed by atoms with Crippen LogP contribution in [0.15, 0.2) is 29.9 Å². The number of carbonyl (C=O) groups is 1. The van der Waals surface area contributed by atoms with Gasteiger partial charge in [0.2, 0.25) is 0 Å². The van der Waals surface area contributed by atoms with E-state index in [9.17, 15) is 4.79 Å². The summed E-state index contributed by atoms with van der Waals surface area (Å²) in [6.45, 7) is 11.8. The van der Waals surface area contributed by atoms with E-state index in [0.29, 0.717) is 17.9 Å². The maximum absolute atomic E-state index is 12.0. The SMILES string of the molecule is C=C(N=N)c1cc(C2(C)CCCC2=O)ccc1C.CC.CNC.[HH].[HH]. The van der Waals surface area contributed by atoms with E-state index >= 15 is 0 Å². The minimum atomic E-state index is -0.370. The molecule has 2 N–H and O–H groups in total. The van der Waals surface area contributed by atoms with Crippen molar-refractivity contribution in [2.45, 2.75) is 52.4 Å². The Morgan fingerprint density at radius 3 is 2.39 bits per heavy atom. The second kappa shape index (κ2) is 10.1. The molecule has 1 atom stereocenters. The van der Waals surface area contributed by atoms with Crippen molar-refractivity contribution < 1.29 is 7.65 Å². The molecule has 0 spiro atoms. The lowest BCUT2D eigenvalue weighted by Gasteiger charge is -2.23. The summed E-state index contributed by atoms with van der Waals surface area (Å²) in [5, 5.41) is 6.15. The van der Waals surface area contributed by atoms with Gasteiger partial charge in [-0.3, -0.25) is 4.79 Å². The first kappa shape index (κ1) is 21.2. The van der Waals surface area contributed by atoms with Crippen molar-refractivity contribution in [2.24, 2.45) is 5.11 Å². The largest absolute Gasteiger partial charge is 0.323 e. The van der Waals surface area contributed by atoms with Crippen molar-refractivity contribution in [1.29, 1.82) is 5.53 Å². The van der Waals surface area contributed by atoms with E-state index < -0.39 is 0 Å². The molecular formula is C19H35N3O. The summed E-state index contributed by atoms with van der Waals surface area (Å²) in [4.78, 5) is 12.0. The molecule has 1 saturated carbocycles. The van der Waals surface area contributed by atoms with E-state index in [2.05, 4.69) is 17.0 Å². The van der Waals surface area contributed by atoms with Gasteiger partial charge >= 0.3 is 0 Å². The maximum Gasteiger partial charge on any atom is 0.143 e. The molecule has 1 aliphatic carbocycles. The zero-order chi connectivity index (χ0) is 18.0. The number of nitrogens with zero attached hydrogens (tertiary/aromatic N) is 1. The number of aryl methyl sites for hydroxylation is 1.